The van der Waals surface area contributed by atoms with E-state index in [1.165, 1.54) is 18.4 Å². The number of phenolic OH excluding ortho intramolecular Hbond substituents is 2. The van der Waals surface area contributed by atoms with Crippen LogP contribution in [-0.2, 0) is 16.3 Å². The summed E-state index contributed by atoms with van der Waals surface area (Å²) in [4.78, 5) is 0.282. The van der Waals surface area contributed by atoms with Crippen LogP contribution in [0.2, 0.25) is 0 Å². The second-order valence-corrected chi connectivity index (χ2v) is 7.52. The van der Waals surface area contributed by atoms with Gasteiger partial charge in [-0.25, -0.2) is 8.42 Å². The van der Waals surface area contributed by atoms with E-state index in [2.05, 4.69) is 0 Å². The highest BCUT2D eigenvalue weighted by Gasteiger charge is 2.24. The standard InChI is InChI=1S/C16H16O5S/c1-22(19,20)13-4-2-3-10(6-13)12-5-11-7-14(17)15(18)8-16(11)21-9-12/h2-4,6-8,12,17-18H,5,9H2,1H3. The number of rotatable bonds is 2. The second-order valence-electron chi connectivity index (χ2n) is 5.51. The van der Waals surface area contributed by atoms with E-state index in [-0.39, 0.29) is 22.3 Å². The Balaban J connectivity index is 1.93. The van der Waals surface area contributed by atoms with Crippen molar-refractivity contribution < 1.29 is 23.4 Å². The Kier molecular flexibility index (Phi) is 3.48. The lowest BCUT2D eigenvalue weighted by molar-refractivity contribution is 0.259. The highest BCUT2D eigenvalue weighted by molar-refractivity contribution is 7.90. The third-order valence-corrected chi connectivity index (χ3v) is 4.93. The number of fused-ring (bicyclic) bond motifs is 1. The van der Waals surface area contributed by atoms with Crippen molar-refractivity contribution in [1.29, 1.82) is 0 Å². The third-order valence-electron chi connectivity index (χ3n) is 3.82. The van der Waals surface area contributed by atoms with Gasteiger partial charge in [0, 0.05) is 18.2 Å². The van der Waals surface area contributed by atoms with Crippen LogP contribution in [0.15, 0.2) is 41.3 Å². The SMILES string of the molecule is CS(=O)(=O)c1cccc(C2COc3cc(O)c(O)cc3C2)c1. The van der Waals surface area contributed by atoms with Crippen molar-refractivity contribution in [2.75, 3.05) is 12.9 Å². The van der Waals surface area contributed by atoms with Crippen molar-refractivity contribution in [2.45, 2.75) is 17.2 Å². The van der Waals surface area contributed by atoms with E-state index in [4.69, 9.17) is 4.74 Å². The topological polar surface area (TPSA) is 83.8 Å². The van der Waals surface area contributed by atoms with E-state index in [0.717, 1.165) is 11.1 Å². The number of aromatic hydroxyl groups is 2. The molecular weight excluding hydrogens is 304 g/mol. The van der Waals surface area contributed by atoms with Crippen LogP contribution in [0, 0.1) is 0 Å². The lowest BCUT2D eigenvalue weighted by Crippen LogP contribution is -2.19. The lowest BCUT2D eigenvalue weighted by atomic mass is 9.90. The Labute approximate surface area is 128 Å². The second kappa shape index (κ2) is 5.21. The van der Waals surface area contributed by atoms with Gasteiger partial charge in [0.2, 0.25) is 0 Å². The summed E-state index contributed by atoms with van der Waals surface area (Å²) in [6.45, 7) is 0.393. The molecule has 2 aromatic rings. The molecule has 116 valence electrons. The summed E-state index contributed by atoms with van der Waals surface area (Å²) >= 11 is 0. The first-order chi connectivity index (χ1) is 10.3. The number of hydrogen-bond acceptors (Lipinski definition) is 5. The Morgan fingerprint density at radius 3 is 2.59 bits per heavy atom. The molecule has 5 nitrogen and oxygen atoms in total. The molecule has 1 atom stereocenters. The Morgan fingerprint density at radius 1 is 1.14 bits per heavy atom. The molecule has 0 saturated carbocycles. The lowest BCUT2D eigenvalue weighted by Gasteiger charge is -2.26. The van der Waals surface area contributed by atoms with E-state index < -0.39 is 9.84 Å². The van der Waals surface area contributed by atoms with Gasteiger partial charge in [-0.3, -0.25) is 0 Å². The van der Waals surface area contributed by atoms with Crippen molar-refractivity contribution in [3.63, 3.8) is 0 Å². The summed E-state index contributed by atoms with van der Waals surface area (Å²) < 4.78 is 28.9. The highest BCUT2D eigenvalue weighted by atomic mass is 32.2. The molecule has 2 N–H and O–H groups in total. The van der Waals surface area contributed by atoms with Gasteiger partial charge in [-0.2, -0.15) is 0 Å². The highest BCUT2D eigenvalue weighted by Crippen LogP contribution is 2.39. The molecule has 1 unspecified atom stereocenters. The molecule has 1 aliphatic heterocycles. The van der Waals surface area contributed by atoms with Gasteiger partial charge in [0.15, 0.2) is 21.3 Å². The van der Waals surface area contributed by atoms with Crippen LogP contribution in [0.25, 0.3) is 0 Å². The van der Waals surface area contributed by atoms with Crippen LogP contribution in [-0.4, -0.2) is 31.5 Å². The Bertz CT molecular complexity index is 826. The Hall–Kier alpha value is -2.21. The van der Waals surface area contributed by atoms with Crippen LogP contribution in [0.5, 0.6) is 17.2 Å². The van der Waals surface area contributed by atoms with Crippen molar-refractivity contribution in [3.05, 3.63) is 47.5 Å². The molecule has 3 rings (SSSR count). The van der Waals surface area contributed by atoms with Crippen molar-refractivity contribution >= 4 is 9.84 Å². The molecule has 0 fully saturated rings. The quantitative estimate of drug-likeness (QED) is 0.829. The van der Waals surface area contributed by atoms with Gasteiger partial charge < -0.3 is 14.9 Å². The third kappa shape index (κ3) is 2.74. The van der Waals surface area contributed by atoms with Crippen molar-refractivity contribution in [1.82, 2.24) is 0 Å². The zero-order valence-electron chi connectivity index (χ0n) is 12.0. The molecule has 2 aromatic carbocycles. The maximum atomic E-state index is 11.7. The number of phenols is 2. The fourth-order valence-corrected chi connectivity index (χ4v) is 3.30. The predicted octanol–water partition coefficient (Wildman–Crippen LogP) is 2.22. The maximum absolute atomic E-state index is 11.7. The molecular formula is C16H16O5S. The van der Waals surface area contributed by atoms with E-state index >= 15 is 0 Å². The first kappa shape index (κ1) is 14.7. The van der Waals surface area contributed by atoms with Crippen molar-refractivity contribution in [3.8, 4) is 17.2 Å². The molecule has 6 heteroatoms. The number of sulfone groups is 1. The molecule has 22 heavy (non-hydrogen) atoms. The van der Waals surface area contributed by atoms with Crippen molar-refractivity contribution in [2.24, 2.45) is 0 Å². The van der Waals surface area contributed by atoms with Gasteiger partial charge in [-0.05, 0) is 35.7 Å². The summed E-state index contributed by atoms with van der Waals surface area (Å²) in [5, 5.41) is 19.1. The summed E-state index contributed by atoms with van der Waals surface area (Å²) in [7, 11) is -3.25. The number of hydrogen-bond donors (Lipinski definition) is 2. The fourth-order valence-electron chi connectivity index (χ4n) is 2.62. The van der Waals surface area contributed by atoms with Crippen LogP contribution in [0.3, 0.4) is 0 Å². The van der Waals surface area contributed by atoms with Gasteiger partial charge in [0.25, 0.3) is 0 Å². The minimum atomic E-state index is -3.25. The monoisotopic (exact) mass is 320 g/mol. The average molecular weight is 320 g/mol. The molecule has 0 spiro atoms. The number of ether oxygens (including phenoxy) is 1. The summed E-state index contributed by atoms with van der Waals surface area (Å²) in [6.07, 6.45) is 1.79. The molecule has 1 aliphatic rings. The summed E-state index contributed by atoms with van der Waals surface area (Å²) in [6, 6.07) is 9.70. The van der Waals surface area contributed by atoms with E-state index in [1.54, 1.807) is 18.2 Å². The van der Waals surface area contributed by atoms with E-state index in [1.807, 2.05) is 6.07 Å². The smallest absolute Gasteiger partial charge is 0.175 e. The zero-order valence-corrected chi connectivity index (χ0v) is 12.8. The summed E-state index contributed by atoms with van der Waals surface area (Å²) in [5.41, 5.74) is 1.66. The minimum Gasteiger partial charge on any atom is -0.504 e. The molecule has 0 radical (unpaired) electrons. The van der Waals surface area contributed by atoms with Crippen LogP contribution in [0.1, 0.15) is 17.0 Å². The molecule has 0 aliphatic carbocycles. The van der Waals surface area contributed by atoms with Gasteiger partial charge >= 0.3 is 0 Å². The normalized spacial score (nSPS) is 17.6. The van der Waals surface area contributed by atoms with E-state index in [9.17, 15) is 18.6 Å². The Morgan fingerprint density at radius 2 is 1.86 bits per heavy atom. The van der Waals surface area contributed by atoms with Crippen LogP contribution >= 0.6 is 0 Å². The molecule has 1 heterocycles. The number of benzene rings is 2. The summed E-state index contributed by atoms with van der Waals surface area (Å²) in [5.74, 6) is 0.146. The van der Waals surface area contributed by atoms with Crippen LogP contribution in [0.4, 0.5) is 0 Å². The zero-order chi connectivity index (χ0) is 15.9. The first-order valence-corrected chi connectivity index (χ1v) is 8.71. The molecule has 0 bridgehead atoms. The van der Waals surface area contributed by atoms with Gasteiger partial charge in [0.1, 0.15) is 5.75 Å². The largest absolute Gasteiger partial charge is 0.504 e. The van der Waals surface area contributed by atoms with Crippen LogP contribution < -0.4 is 4.74 Å². The van der Waals surface area contributed by atoms with Gasteiger partial charge in [-0.1, -0.05) is 12.1 Å². The van der Waals surface area contributed by atoms with E-state index in [0.29, 0.717) is 18.8 Å². The average Bonchev–Trinajstić information content (AvgIpc) is 2.47. The van der Waals surface area contributed by atoms with Gasteiger partial charge in [0.05, 0.1) is 11.5 Å². The first-order valence-electron chi connectivity index (χ1n) is 6.82. The molecule has 0 amide bonds. The predicted molar refractivity (Wildman–Crippen MR) is 81.3 cm³/mol. The van der Waals surface area contributed by atoms with Gasteiger partial charge in [-0.15, -0.1) is 0 Å². The fraction of sp³-hybridized carbons (Fsp3) is 0.250. The minimum absolute atomic E-state index is 0.00172. The molecule has 0 saturated heterocycles. The molecule has 0 aromatic heterocycles. The maximum Gasteiger partial charge on any atom is 0.175 e.